The SMILES string of the molecule is CCOC(=O)c1sc(N)c(C#N)c1COC(=O)c1csc2c1CCCC2. The molecule has 6 nitrogen and oxygen atoms in total. The van der Waals surface area contributed by atoms with Crippen LogP contribution in [-0.2, 0) is 28.9 Å². The van der Waals surface area contributed by atoms with E-state index in [4.69, 9.17) is 15.2 Å². The van der Waals surface area contributed by atoms with Gasteiger partial charge in [0.1, 0.15) is 22.6 Å². The van der Waals surface area contributed by atoms with E-state index in [2.05, 4.69) is 0 Å². The molecule has 2 aromatic heterocycles. The second kappa shape index (κ2) is 7.89. The van der Waals surface area contributed by atoms with Crippen LogP contribution in [0, 0.1) is 11.3 Å². The molecule has 0 spiro atoms. The minimum Gasteiger partial charge on any atom is -0.462 e. The Hall–Kier alpha value is -2.37. The highest BCUT2D eigenvalue weighted by atomic mass is 32.1. The van der Waals surface area contributed by atoms with Crippen molar-refractivity contribution in [3.05, 3.63) is 37.4 Å². The number of anilines is 1. The van der Waals surface area contributed by atoms with E-state index >= 15 is 0 Å². The number of nitrogen functional groups attached to an aromatic ring is 1. The quantitative estimate of drug-likeness (QED) is 0.781. The van der Waals surface area contributed by atoms with Gasteiger partial charge < -0.3 is 15.2 Å². The minimum absolute atomic E-state index is 0.165. The van der Waals surface area contributed by atoms with Gasteiger partial charge in [0.2, 0.25) is 0 Å². The fourth-order valence-electron chi connectivity index (χ4n) is 2.99. The number of fused-ring (bicyclic) bond motifs is 1. The molecule has 0 unspecified atom stereocenters. The van der Waals surface area contributed by atoms with Gasteiger partial charge in [0.05, 0.1) is 17.7 Å². The predicted molar refractivity (Wildman–Crippen MR) is 99.5 cm³/mol. The van der Waals surface area contributed by atoms with Crippen molar-refractivity contribution in [1.82, 2.24) is 0 Å². The molecule has 0 saturated carbocycles. The molecule has 2 N–H and O–H groups in total. The van der Waals surface area contributed by atoms with E-state index < -0.39 is 11.9 Å². The average Bonchev–Trinajstić information content (AvgIpc) is 3.20. The Morgan fingerprint density at radius 1 is 1.27 bits per heavy atom. The highest BCUT2D eigenvalue weighted by Crippen LogP contribution is 2.33. The van der Waals surface area contributed by atoms with E-state index in [1.54, 1.807) is 18.3 Å². The lowest BCUT2D eigenvalue weighted by Crippen LogP contribution is -2.12. The number of nitrogens with two attached hydrogens (primary N) is 1. The largest absolute Gasteiger partial charge is 0.462 e. The molecule has 3 rings (SSSR count). The maximum Gasteiger partial charge on any atom is 0.348 e. The molecule has 0 bridgehead atoms. The molecule has 0 atom stereocenters. The van der Waals surface area contributed by atoms with Crippen LogP contribution in [0.15, 0.2) is 5.38 Å². The van der Waals surface area contributed by atoms with Crippen molar-refractivity contribution in [2.45, 2.75) is 39.2 Å². The Morgan fingerprint density at radius 2 is 2.04 bits per heavy atom. The molecule has 26 heavy (non-hydrogen) atoms. The highest BCUT2D eigenvalue weighted by molar-refractivity contribution is 7.18. The van der Waals surface area contributed by atoms with Crippen molar-refractivity contribution in [3.63, 3.8) is 0 Å². The highest BCUT2D eigenvalue weighted by Gasteiger charge is 2.25. The van der Waals surface area contributed by atoms with Gasteiger partial charge in [-0.2, -0.15) is 5.26 Å². The van der Waals surface area contributed by atoms with Crippen molar-refractivity contribution < 1.29 is 19.1 Å². The second-order valence-electron chi connectivity index (χ2n) is 5.82. The molecule has 8 heteroatoms. The first-order valence-corrected chi connectivity index (χ1v) is 10.0. The smallest absolute Gasteiger partial charge is 0.348 e. The maximum atomic E-state index is 12.5. The summed E-state index contributed by atoms with van der Waals surface area (Å²) in [5, 5.41) is 11.4. The van der Waals surface area contributed by atoms with Gasteiger partial charge in [-0.05, 0) is 38.2 Å². The van der Waals surface area contributed by atoms with E-state index in [0.717, 1.165) is 42.6 Å². The Labute approximate surface area is 159 Å². The Kier molecular flexibility index (Phi) is 5.59. The number of aryl methyl sites for hydroxylation is 1. The third kappa shape index (κ3) is 3.45. The number of esters is 2. The van der Waals surface area contributed by atoms with E-state index in [1.165, 1.54) is 4.88 Å². The number of nitriles is 1. The summed E-state index contributed by atoms with van der Waals surface area (Å²) in [7, 11) is 0. The van der Waals surface area contributed by atoms with E-state index in [0.29, 0.717) is 11.1 Å². The van der Waals surface area contributed by atoms with E-state index in [9.17, 15) is 14.9 Å². The van der Waals surface area contributed by atoms with Crippen LogP contribution in [0.25, 0.3) is 0 Å². The molecular formula is C18H18N2O4S2. The zero-order valence-electron chi connectivity index (χ0n) is 14.3. The van der Waals surface area contributed by atoms with E-state index in [1.807, 2.05) is 11.4 Å². The molecule has 0 aliphatic heterocycles. The number of nitrogens with zero attached hydrogens (tertiary/aromatic N) is 1. The molecule has 0 aromatic carbocycles. The van der Waals surface area contributed by atoms with Crippen LogP contribution >= 0.6 is 22.7 Å². The molecule has 2 aromatic rings. The molecule has 0 saturated heterocycles. The third-order valence-corrected chi connectivity index (χ3v) is 6.37. The lowest BCUT2D eigenvalue weighted by Gasteiger charge is -2.12. The fourth-order valence-corrected chi connectivity index (χ4v) is 5.02. The summed E-state index contributed by atoms with van der Waals surface area (Å²) >= 11 is 2.56. The first-order chi connectivity index (χ1) is 12.6. The number of carbonyl (C=O) groups is 2. The van der Waals surface area contributed by atoms with Crippen molar-refractivity contribution in [2.75, 3.05) is 12.3 Å². The van der Waals surface area contributed by atoms with Crippen molar-refractivity contribution in [2.24, 2.45) is 0 Å². The van der Waals surface area contributed by atoms with Crippen molar-refractivity contribution in [1.29, 1.82) is 5.26 Å². The van der Waals surface area contributed by atoms with Crippen LogP contribution in [0.5, 0.6) is 0 Å². The summed E-state index contributed by atoms with van der Waals surface area (Å²) in [4.78, 5) is 26.1. The van der Waals surface area contributed by atoms with Gasteiger partial charge in [-0.25, -0.2) is 9.59 Å². The minimum atomic E-state index is -0.565. The first kappa shape index (κ1) is 18.4. The molecule has 1 aliphatic carbocycles. The summed E-state index contributed by atoms with van der Waals surface area (Å²) in [6, 6.07) is 1.98. The third-order valence-electron chi connectivity index (χ3n) is 4.24. The van der Waals surface area contributed by atoms with Crippen LogP contribution in [0.4, 0.5) is 5.00 Å². The van der Waals surface area contributed by atoms with Gasteiger partial charge in [-0.3, -0.25) is 0 Å². The molecule has 2 heterocycles. The number of thiophene rings is 2. The second-order valence-corrected chi connectivity index (χ2v) is 7.83. The average molecular weight is 390 g/mol. The molecule has 0 amide bonds. The molecular weight excluding hydrogens is 372 g/mol. The van der Waals surface area contributed by atoms with Crippen LogP contribution in [-0.4, -0.2) is 18.5 Å². The van der Waals surface area contributed by atoms with Crippen LogP contribution in [0.3, 0.4) is 0 Å². The van der Waals surface area contributed by atoms with Crippen LogP contribution < -0.4 is 5.73 Å². The van der Waals surface area contributed by atoms with Gasteiger partial charge in [-0.15, -0.1) is 22.7 Å². The van der Waals surface area contributed by atoms with E-state index in [-0.39, 0.29) is 28.7 Å². The molecule has 136 valence electrons. The zero-order chi connectivity index (χ0) is 18.7. The van der Waals surface area contributed by atoms with Gasteiger partial charge in [0.25, 0.3) is 0 Å². The predicted octanol–water partition coefficient (Wildman–Crippen LogP) is 3.68. The Balaban J connectivity index is 1.81. The molecule has 0 radical (unpaired) electrons. The summed E-state index contributed by atoms with van der Waals surface area (Å²) in [6.07, 6.45) is 4.09. The number of hydrogen-bond acceptors (Lipinski definition) is 8. The summed E-state index contributed by atoms with van der Waals surface area (Å²) in [5.74, 6) is -1.00. The summed E-state index contributed by atoms with van der Waals surface area (Å²) in [5.41, 5.74) is 7.96. The Bertz CT molecular complexity index is 892. The normalized spacial score (nSPS) is 12.9. The van der Waals surface area contributed by atoms with Crippen LogP contribution in [0.2, 0.25) is 0 Å². The summed E-state index contributed by atoms with van der Waals surface area (Å²) in [6.45, 7) is 1.71. The lowest BCUT2D eigenvalue weighted by molar-refractivity contribution is 0.0452. The van der Waals surface area contributed by atoms with Gasteiger partial charge in [0, 0.05) is 15.8 Å². The number of ether oxygens (including phenoxy) is 2. The maximum absolute atomic E-state index is 12.5. The Morgan fingerprint density at radius 3 is 2.77 bits per heavy atom. The molecule has 0 fully saturated rings. The standard InChI is InChI=1S/C18H18N2O4S2/c1-2-23-18(22)15-12(11(7-19)16(20)26-15)8-24-17(21)13-9-25-14-6-4-3-5-10(13)14/h9H,2-6,8,20H2,1H3. The van der Waals surface area contributed by atoms with Gasteiger partial charge in [-0.1, -0.05) is 0 Å². The molecule has 1 aliphatic rings. The van der Waals surface area contributed by atoms with Crippen LogP contribution in [0.1, 0.15) is 61.4 Å². The first-order valence-electron chi connectivity index (χ1n) is 8.31. The summed E-state index contributed by atoms with van der Waals surface area (Å²) < 4.78 is 10.4. The number of hydrogen-bond donors (Lipinski definition) is 1. The van der Waals surface area contributed by atoms with Crippen molar-refractivity contribution in [3.8, 4) is 6.07 Å². The fraction of sp³-hybridized carbons (Fsp3) is 0.389. The topological polar surface area (TPSA) is 102 Å². The zero-order valence-corrected chi connectivity index (χ0v) is 15.9. The monoisotopic (exact) mass is 390 g/mol. The van der Waals surface area contributed by atoms with Gasteiger partial charge in [0.15, 0.2) is 0 Å². The number of rotatable bonds is 5. The van der Waals surface area contributed by atoms with Gasteiger partial charge >= 0.3 is 11.9 Å². The number of carbonyl (C=O) groups excluding carboxylic acids is 2. The lowest BCUT2D eigenvalue weighted by atomic mass is 9.96. The van der Waals surface area contributed by atoms with Crippen molar-refractivity contribution >= 4 is 39.6 Å².